The number of amides is 1. The van der Waals surface area contributed by atoms with Crippen LogP contribution in [0.5, 0.6) is 0 Å². The molecule has 1 aliphatic rings. The van der Waals surface area contributed by atoms with Crippen molar-refractivity contribution in [2.75, 3.05) is 11.3 Å². The molecule has 0 aliphatic heterocycles. The molecule has 1 fully saturated rings. The number of hydrogen-bond donors (Lipinski definition) is 2. The molecular weight excluding hydrogens is 480 g/mol. The van der Waals surface area contributed by atoms with Gasteiger partial charge in [0.1, 0.15) is 4.21 Å². The predicted octanol–water partition coefficient (Wildman–Crippen LogP) is 3.92. The Labute approximate surface area is 182 Å². The smallest absolute Gasteiger partial charge is 0.340 e. The van der Waals surface area contributed by atoms with Gasteiger partial charge in [-0.1, -0.05) is 31.4 Å². The summed E-state index contributed by atoms with van der Waals surface area (Å²) in [6.07, 6.45) is 5.21. The summed E-state index contributed by atoms with van der Waals surface area (Å²) < 4.78 is 33.4. The quantitative estimate of drug-likeness (QED) is 0.561. The fourth-order valence-electron chi connectivity index (χ4n) is 3.11. The number of ether oxygens (including phenoxy) is 1. The molecule has 156 valence electrons. The number of para-hydroxylation sites is 1. The number of hydrogen-bond acceptors (Lipinski definition) is 6. The first-order chi connectivity index (χ1) is 13.8. The zero-order chi connectivity index (χ0) is 20.9. The molecule has 0 spiro atoms. The van der Waals surface area contributed by atoms with E-state index in [-0.39, 0.29) is 27.4 Å². The normalized spacial score (nSPS) is 14.9. The van der Waals surface area contributed by atoms with Gasteiger partial charge < -0.3 is 10.1 Å². The van der Waals surface area contributed by atoms with E-state index in [9.17, 15) is 18.0 Å². The standard InChI is InChI=1S/C19H21BrN2O5S2/c20-16-10-11-18(28-16)29(25,26)22-15-9-5-4-8-14(15)19(24)27-12-17(23)21-13-6-2-1-3-7-13/h4-5,8-11,13,22H,1-3,6-7,12H2,(H,21,23). The second-order valence-corrected chi connectivity index (χ2v) is 11.1. The Morgan fingerprint density at radius 2 is 1.83 bits per heavy atom. The molecule has 0 atom stereocenters. The first kappa shape index (κ1) is 21.8. The van der Waals surface area contributed by atoms with Gasteiger partial charge in [0.05, 0.1) is 15.0 Å². The van der Waals surface area contributed by atoms with Crippen LogP contribution in [-0.4, -0.2) is 32.9 Å². The maximum atomic E-state index is 12.5. The number of carbonyl (C=O) groups excluding carboxylic acids is 2. The zero-order valence-corrected chi connectivity index (χ0v) is 18.7. The van der Waals surface area contributed by atoms with Gasteiger partial charge in [0.2, 0.25) is 0 Å². The number of halogens is 1. The van der Waals surface area contributed by atoms with Crippen LogP contribution in [0.4, 0.5) is 5.69 Å². The van der Waals surface area contributed by atoms with Crippen LogP contribution < -0.4 is 10.0 Å². The predicted molar refractivity (Wildman–Crippen MR) is 115 cm³/mol. The van der Waals surface area contributed by atoms with E-state index in [0.29, 0.717) is 3.79 Å². The number of nitrogens with one attached hydrogen (secondary N) is 2. The number of benzene rings is 1. The molecular formula is C19H21BrN2O5S2. The summed E-state index contributed by atoms with van der Waals surface area (Å²) in [7, 11) is -3.85. The molecule has 1 aromatic carbocycles. The molecule has 1 aromatic heterocycles. The minimum atomic E-state index is -3.85. The van der Waals surface area contributed by atoms with E-state index in [4.69, 9.17) is 4.74 Å². The molecule has 0 radical (unpaired) electrons. The topological polar surface area (TPSA) is 102 Å². The molecule has 0 bridgehead atoms. The summed E-state index contributed by atoms with van der Waals surface area (Å²) in [6, 6.07) is 9.34. The van der Waals surface area contributed by atoms with Crippen LogP contribution in [0.3, 0.4) is 0 Å². The highest BCUT2D eigenvalue weighted by molar-refractivity contribution is 9.11. The lowest BCUT2D eigenvalue weighted by Gasteiger charge is -2.22. The summed E-state index contributed by atoms with van der Waals surface area (Å²) in [4.78, 5) is 24.5. The molecule has 3 rings (SSSR count). The number of anilines is 1. The highest BCUT2D eigenvalue weighted by Gasteiger charge is 2.22. The summed E-state index contributed by atoms with van der Waals surface area (Å²) in [5, 5.41) is 2.87. The van der Waals surface area contributed by atoms with Crippen molar-refractivity contribution in [2.24, 2.45) is 0 Å². The van der Waals surface area contributed by atoms with Crippen LogP contribution in [0.1, 0.15) is 42.5 Å². The van der Waals surface area contributed by atoms with Crippen LogP contribution in [-0.2, 0) is 19.6 Å². The van der Waals surface area contributed by atoms with Crippen molar-refractivity contribution in [3.05, 3.63) is 45.7 Å². The SMILES string of the molecule is O=C(COC(=O)c1ccccc1NS(=O)(=O)c1ccc(Br)s1)NC1CCCCC1. The molecule has 0 unspecified atom stereocenters. The minimum absolute atomic E-state index is 0.0390. The van der Waals surface area contributed by atoms with Gasteiger partial charge in [0, 0.05) is 6.04 Å². The lowest BCUT2D eigenvalue weighted by atomic mass is 9.95. The first-order valence-corrected chi connectivity index (χ1v) is 12.3. The van der Waals surface area contributed by atoms with Gasteiger partial charge in [-0.15, -0.1) is 11.3 Å². The van der Waals surface area contributed by atoms with Crippen molar-refractivity contribution in [2.45, 2.75) is 42.4 Å². The molecule has 2 aromatic rings. The van der Waals surface area contributed by atoms with Crippen molar-refractivity contribution in [1.82, 2.24) is 5.32 Å². The molecule has 1 amide bonds. The lowest BCUT2D eigenvalue weighted by Crippen LogP contribution is -2.38. The fraction of sp³-hybridized carbons (Fsp3) is 0.368. The van der Waals surface area contributed by atoms with Crippen molar-refractivity contribution in [3.63, 3.8) is 0 Å². The molecule has 1 heterocycles. The minimum Gasteiger partial charge on any atom is -0.452 e. The molecule has 29 heavy (non-hydrogen) atoms. The Morgan fingerprint density at radius 1 is 1.10 bits per heavy atom. The first-order valence-electron chi connectivity index (χ1n) is 9.19. The number of thiophene rings is 1. The van der Waals surface area contributed by atoms with E-state index >= 15 is 0 Å². The summed E-state index contributed by atoms with van der Waals surface area (Å²) >= 11 is 4.29. The third-order valence-electron chi connectivity index (χ3n) is 4.51. The van der Waals surface area contributed by atoms with Crippen LogP contribution in [0, 0.1) is 0 Å². The van der Waals surface area contributed by atoms with Gasteiger partial charge in [-0.05, 0) is 53.0 Å². The summed E-state index contributed by atoms with van der Waals surface area (Å²) in [6.45, 7) is -0.408. The van der Waals surface area contributed by atoms with Crippen LogP contribution in [0.2, 0.25) is 0 Å². The summed E-state index contributed by atoms with van der Waals surface area (Å²) in [5.41, 5.74) is 0.131. The highest BCUT2D eigenvalue weighted by atomic mass is 79.9. The Kier molecular flexibility index (Phi) is 7.31. The van der Waals surface area contributed by atoms with Crippen molar-refractivity contribution >= 4 is 54.9 Å². The number of carbonyl (C=O) groups is 2. The van der Waals surface area contributed by atoms with Gasteiger partial charge in [0.25, 0.3) is 15.9 Å². The van der Waals surface area contributed by atoms with Crippen LogP contribution >= 0.6 is 27.3 Å². The van der Waals surface area contributed by atoms with E-state index in [1.54, 1.807) is 18.2 Å². The van der Waals surface area contributed by atoms with Gasteiger partial charge >= 0.3 is 5.97 Å². The monoisotopic (exact) mass is 500 g/mol. The molecule has 2 N–H and O–H groups in total. The highest BCUT2D eigenvalue weighted by Crippen LogP contribution is 2.28. The average molecular weight is 501 g/mol. The largest absolute Gasteiger partial charge is 0.452 e. The molecule has 10 heteroatoms. The zero-order valence-electron chi connectivity index (χ0n) is 15.5. The third kappa shape index (κ3) is 6.03. The second-order valence-electron chi connectivity index (χ2n) is 6.69. The average Bonchev–Trinajstić information content (AvgIpc) is 3.14. The number of sulfonamides is 1. The molecule has 1 saturated carbocycles. The van der Waals surface area contributed by atoms with Crippen molar-refractivity contribution in [3.8, 4) is 0 Å². The molecule has 0 saturated heterocycles. The van der Waals surface area contributed by atoms with E-state index in [1.807, 2.05) is 0 Å². The summed E-state index contributed by atoms with van der Waals surface area (Å²) in [5.74, 6) is -1.12. The Balaban J connectivity index is 1.63. The van der Waals surface area contributed by atoms with E-state index < -0.39 is 22.6 Å². The maximum Gasteiger partial charge on any atom is 0.340 e. The van der Waals surface area contributed by atoms with Gasteiger partial charge in [-0.2, -0.15) is 0 Å². The molecule has 1 aliphatic carbocycles. The van der Waals surface area contributed by atoms with E-state index in [0.717, 1.165) is 37.0 Å². The van der Waals surface area contributed by atoms with Gasteiger partial charge in [-0.3, -0.25) is 9.52 Å². The Morgan fingerprint density at radius 3 is 2.52 bits per heavy atom. The van der Waals surface area contributed by atoms with Crippen LogP contribution in [0.15, 0.2) is 44.4 Å². The third-order valence-corrected chi connectivity index (χ3v) is 7.99. The van der Waals surface area contributed by atoms with Crippen molar-refractivity contribution < 1.29 is 22.7 Å². The number of rotatable bonds is 7. The lowest BCUT2D eigenvalue weighted by molar-refractivity contribution is -0.125. The fourth-order valence-corrected chi connectivity index (χ4v) is 6.20. The molecule has 7 nitrogen and oxygen atoms in total. The van der Waals surface area contributed by atoms with Crippen molar-refractivity contribution in [1.29, 1.82) is 0 Å². The van der Waals surface area contributed by atoms with Gasteiger partial charge in [-0.25, -0.2) is 13.2 Å². The van der Waals surface area contributed by atoms with Gasteiger partial charge in [0.15, 0.2) is 6.61 Å². The Hall–Kier alpha value is -1.91. The maximum absolute atomic E-state index is 12.5. The Bertz CT molecular complexity index is 984. The second kappa shape index (κ2) is 9.73. The van der Waals surface area contributed by atoms with E-state index in [1.165, 1.54) is 24.6 Å². The van der Waals surface area contributed by atoms with E-state index in [2.05, 4.69) is 26.0 Å². The number of esters is 1. The van der Waals surface area contributed by atoms with Crippen LogP contribution in [0.25, 0.3) is 0 Å².